The van der Waals surface area contributed by atoms with E-state index >= 15 is 0 Å². The summed E-state index contributed by atoms with van der Waals surface area (Å²) in [7, 11) is 0. The summed E-state index contributed by atoms with van der Waals surface area (Å²) < 4.78 is 18.1. The molecule has 3 rings (SSSR count). The maximum absolute atomic E-state index is 12.8. The zero-order chi connectivity index (χ0) is 15.5. The Bertz CT molecular complexity index is 546. The summed E-state index contributed by atoms with van der Waals surface area (Å²) in [6.07, 6.45) is 3.36. The number of piperidine rings is 1. The van der Waals surface area contributed by atoms with E-state index in [1.165, 1.54) is 12.1 Å². The molecular weight excluding hydrogens is 285 g/mol. The number of hydrogen-bond acceptors (Lipinski definition) is 3. The fourth-order valence-electron chi connectivity index (χ4n) is 2.78. The number of carbonyl (C=O) groups excluding carboxylic acids is 2. The molecule has 0 spiro atoms. The topological polar surface area (TPSA) is 46.6 Å². The summed E-state index contributed by atoms with van der Waals surface area (Å²) in [5.74, 6) is -0.172. The first-order valence-electron chi connectivity index (χ1n) is 7.83. The smallest absolute Gasteiger partial charge is 0.309 e. The van der Waals surface area contributed by atoms with Crippen LogP contribution < -0.4 is 0 Å². The first kappa shape index (κ1) is 15.0. The molecule has 0 aromatic heterocycles. The Hall–Kier alpha value is -1.91. The van der Waals surface area contributed by atoms with Crippen LogP contribution in [0.25, 0.3) is 0 Å². The standard InChI is InChI=1S/C17H20FNO3/c18-15-5-1-12(2-6-15)11-22-17(21)14-7-9-19(10-8-14)16(20)13-3-4-13/h1-2,5-6,13-14H,3-4,7-11H2. The molecule has 118 valence electrons. The van der Waals surface area contributed by atoms with Gasteiger partial charge in [0.05, 0.1) is 5.92 Å². The second-order valence-electron chi connectivity index (χ2n) is 6.11. The average molecular weight is 305 g/mol. The van der Waals surface area contributed by atoms with Crippen molar-refractivity contribution >= 4 is 11.9 Å². The molecule has 1 saturated heterocycles. The molecule has 4 nitrogen and oxygen atoms in total. The Labute approximate surface area is 129 Å². The summed E-state index contributed by atoms with van der Waals surface area (Å²) in [5, 5.41) is 0. The first-order valence-corrected chi connectivity index (χ1v) is 7.83. The summed E-state index contributed by atoms with van der Waals surface area (Å²) in [4.78, 5) is 25.9. The van der Waals surface area contributed by atoms with Gasteiger partial charge in [0.2, 0.25) is 5.91 Å². The fraction of sp³-hybridized carbons (Fsp3) is 0.529. The van der Waals surface area contributed by atoms with Gasteiger partial charge in [-0.3, -0.25) is 9.59 Å². The summed E-state index contributed by atoms with van der Waals surface area (Å²) in [5.41, 5.74) is 0.774. The van der Waals surface area contributed by atoms with Gasteiger partial charge in [0.25, 0.3) is 0 Å². The van der Waals surface area contributed by atoms with Gasteiger partial charge in [-0.25, -0.2) is 4.39 Å². The molecular formula is C17H20FNO3. The molecule has 1 saturated carbocycles. The minimum Gasteiger partial charge on any atom is -0.461 e. The Morgan fingerprint density at radius 1 is 1.05 bits per heavy atom. The fourth-order valence-corrected chi connectivity index (χ4v) is 2.78. The lowest BCUT2D eigenvalue weighted by molar-refractivity contribution is -0.153. The van der Waals surface area contributed by atoms with Gasteiger partial charge < -0.3 is 9.64 Å². The van der Waals surface area contributed by atoms with E-state index in [-0.39, 0.29) is 36.1 Å². The second-order valence-corrected chi connectivity index (χ2v) is 6.11. The Balaban J connectivity index is 1.43. The van der Waals surface area contributed by atoms with E-state index in [1.54, 1.807) is 12.1 Å². The number of likely N-dealkylation sites (tertiary alicyclic amines) is 1. The highest BCUT2D eigenvalue weighted by atomic mass is 19.1. The van der Waals surface area contributed by atoms with Crippen LogP contribution in [0.3, 0.4) is 0 Å². The monoisotopic (exact) mass is 305 g/mol. The quantitative estimate of drug-likeness (QED) is 0.803. The molecule has 1 aromatic carbocycles. The predicted molar refractivity (Wildman–Crippen MR) is 78.2 cm³/mol. The molecule has 1 aromatic rings. The molecule has 0 unspecified atom stereocenters. The highest BCUT2D eigenvalue weighted by Crippen LogP contribution is 2.32. The van der Waals surface area contributed by atoms with Crippen molar-refractivity contribution in [3.63, 3.8) is 0 Å². The second kappa shape index (κ2) is 6.46. The van der Waals surface area contributed by atoms with E-state index in [1.807, 2.05) is 4.90 Å². The lowest BCUT2D eigenvalue weighted by atomic mass is 9.96. The summed E-state index contributed by atoms with van der Waals surface area (Å²) in [6, 6.07) is 5.93. The number of amides is 1. The van der Waals surface area contributed by atoms with Crippen LogP contribution in [0.5, 0.6) is 0 Å². The number of halogens is 1. The van der Waals surface area contributed by atoms with E-state index in [0.717, 1.165) is 18.4 Å². The Kier molecular flexibility index (Phi) is 4.41. The van der Waals surface area contributed by atoms with Gasteiger partial charge in [-0.2, -0.15) is 0 Å². The maximum Gasteiger partial charge on any atom is 0.309 e. The Morgan fingerprint density at radius 2 is 1.68 bits per heavy atom. The third-order valence-electron chi connectivity index (χ3n) is 4.36. The molecule has 2 aliphatic rings. The lowest BCUT2D eigenvalue weighted by Crippen LogP contribution is -2.41. The molecule has 1 heterocycles. The lowest BCUT2D eigenvalue weighted by Gasteiger charge is -2.31. The third kappa shape index (κ3) is 3.64. The SMILES string of the molecule is O=C(OCc1ccc(F)cc1)C1CCN(C(=O)C2CC2)CC1. The van der Waals surface area contributed by atoms with E-state index in [2.05, 4.69) is 0 Å². The van der Waals surface area contributed by atoms with Crippen molar-refractivity contribution in [3.05, 3.63) is 35.6 Å². The molecule has 0 atom stereocenters. The van der Waals surface area contributed by atoms with Gasteiger partial charge in [-0.05, 0) is 43.4 Å². The van der Waals surface area contributed by atoms with Gasteiger partial charge >= 0.3 is 5.97 Å². The van der Waals surface area contributed by atoms with Crippen LogP contribution in [-0.2, 0) is 20.9 Å². The zero-order valence-electron chi connectivity index (χ0n) is 12.5. The van der Waals surface area contributed by atoms with Crippen LogP contribution in [0.15, 0.2) is 24.3 Å². The number of rotatable bonds is 4. The molecule has 5 heteroatoms. The molecule has 1 amide bonds. The highest BCUT2D eigenvalue weighted by molar-refractivity contribution is 5.81. The van der Waals surface area contributed by atoms with E-state index in [4.69, 9.17) is 4.74 Å². The largest absolute Gasteiger partial charge is 0.461 e. The third-order valence-corrected chi connectivity index (χ3v) is 4.36. The molecule has 1 aliphatic heterocycles. The van der Waals surface area contributed by atoms with Gasteiger partial charge in [-0.15, -0.1) is 0 Å². The van der Waals surface area contributed by atoms with E-state index in [9.17, 15) is 14.0 Å². The minimum atomic E-state index is -0.303. The van der Waals surface area contributed by atoms with Crippen molar-refractivity contribution in [3.8, 4) is 0 Å². The van der Waals surface area contributed by atoms with Crippen molar-refractivity contribution in [2.24, 2.45) is 11.8 Å². The molecule has 22 heavy (non-hydrogen) atoms. The van der Waals surface area contributed by atoms with Crippen LogP contribution in [0.1, 0.15) is 31.2 Å². The number of benzene rings is 1. The van der Waals surface area contributed by atoms with Crippen LogP contribution >= 0.6 is 0 Å². The van der Waals surface area contributed by atoms with Crippen LogP contribution in [0, 0.1) is 17.7 Å². The van der Waals surface area contributed by atoms with Gasteiger partial charge in [0.1, 0.15) is 12.4 Å². The Morgan fingerprint density at radius 3 is 2.27 bits per heavy atom. The van der Waals surface area contributed by atoms with Crippen molar-refractivity contribution in [2.75, 3.05) is 13.1 Å². The highest BCUT2D eigenvalue weighted by Gasteiger charge is 2.36. The van der Waals surface area contributed by atoms with Gasteiger partial charge in [0.15, 0.2) is 0 Å². The van der Waals surface area contributed by atoms with E-state index < -0.39 is 0 Å². The molecule has 2 fully saturated rings. The number of carbonyl (C=O) groups is 2. The van der Waals surface area contributed by atoms with Crippen LogP contribution in [0.4, 0.5) is 4.39 Å². The first-order chi connectivity index (χ1) is 10.6. The molecule has 0 N–H and O–H groups in total. The van der Waals surface area contributed by atoms with Crippen LogP contribution in [0.2, 0.25) is 0 Å². The molecule has 0 radical (unpaired) electrons. The van der Waals surface area contributed by atoms with Gasteiger partial charge in [0, 0.05) is 19.0 Å². The van der Waals surface area contributed by atoms with Crippen LogP contribution in [-0.4, -0.2) is 29.9 Å². The maximum atomic E-state index is 12.8. The van der Waals surface area contributed by atoms with Gasteiger partial charge in [-0.1, -0.05) is 12.1 Å². The minimum absolute atomic E-state index is 0.135. The molecule has 1 aliphatic carbocycles. The zero-order valence-corrected chi connectivity index (χ0v) is 12.5. The number of hydrogen-bond donors (Lipinski definition) is 0. The number of nitrogens with zero attached hydrogens (tertiary/aromatic N) is 1. The van der Waals surface area contributed by atoms with Crippen molar-refractivity contribution < 1.29 is 18.7 Å². The normalized spacial score (nSPS) is 19.0. The molecule has 0 bridgehead atoms. The number of ether oxygens (including phenoxy) is 1. The van der Waals surface area contributed by atoms with E-state index in [0.29, 0.717) is 25.9 Å². The van der Waals surface area contributed by atoms with Crippen molar-refractivity contribution in [1.82, 2.24) is 4.90 Å². The average Bonchev–Trinajstić information content (AvgIpc) is 3.38. The summed E-state index contributed by atoms with van der Waals surface area (Å²) >= 11 is 0. The summed E-state index contributed by atoms with van der Waals surface area (Å²) in [6.45, 7) is 1.46. The van der Waals surface area contributed by atoms with Crippen molar-refractivity contribution in [1.29, 1.82) is 0 Å². The van der Waals surface area contributed by atoms with Crippen molar-refractivity contribution in [2.45, 2.75) is 32.3 Å². The number of esters is 1. The predicted octanol–water partition coefficient (Wildman–Crippen LogP) is 2.52.